The maximum Gasteiger partial charge on any atom is 0.134 e. The van der Waals surface area contributed by atoms with Crippen LogP contribution in [0.4, 0.5) is 5.69 Å². The monoisotopic (exact) mass is 322 g/mol. The van der Waals surface area contributed by atoms with Crippen molar-refractivity contribution in [2.75, 3.05) is 19.5 Å². The second-order valence-electron chi connectivity index (χ2n) is 3.87. The third-order valence-electron chi connectivity index (χ3n) is 2.62. The van der Waals surface area contributed by atoms with Crippen LogP contribution >= 0.6 is 15.9 Å². The first-order valence-electron chi connectivity index (χ1n) is 5.82. The summed E-state index contributed by atoms with van der Waals surface area (Å²) in [6.07, 6.45) is 1.76. The fraction of sp³-hybridized carbons (Fsp3) is 0.214. The van der Waals surface area contributed by atoms with Crippen LogP contribution in [0.15, 0.2) is 41.0 Å². The zero-order chi connectivity index (χ0) is 13.7. The molecule has 1 aromatic heterocycles. The molecule has 0 unspecified atom stereocenters. The van der Waals surface area contributed by atoms with Gasteiger partial charge in [0, 0.05) is 18.9 Å². The maximum atomic E-state index is 5.73. The number of hydrogen-bond donors (Lipinski definition) is 1. The summed E-state index contributed by atoms with van der Waals surface area (Å²) >= 11 is 3.45. The first-order valence-corrected chi connectivity index (χ1v) is 6.61. The van der Waals surface area contributed by atoms with Gasteiger partial charge in [-0.1, -0.05) is 0 Å². The van der Waals surface area contributed by atoms with E-state index in [1.165, 1.54) is 0 Å². The Hall–Kier alpha value is -1.75. The molecular weight excluding hydrogens is 308 g/mol. The van der Waals surface area contributed by atoms with Crippen molar-refractivity contribution >= 4 is 21.6 Å². The zero-order valence-corrected chi connectivity index (χ0v) is 12.4. The topological polar surface area (TPSA) is 43.4 Å². The Morgan fingerprint density at radius 2 is 2.11 bits per heavy atom. The molecule has 0 bridgehead atoms. The fourth-order valence-electron chi connectivity index (χ4n) is 1.59. The Labute approximate surface area is 120 Å². The quantitative estimate of drug-likeness (QED) is 0.915. The molecule has 5 heteroatoms. The van der Waals surface area contributed by atoms with Gasteiger partial charge in [0.15, 0.2) is 0 Å². The van der Waals surface area contributed by atoms with Crippen LogP contribution in [0.5, 0.6) is 11.5 Å². The molecule has 19 heavy (non-hydrogen) atoms. The summed E-state index contributed by atoms with van der Waals surface area (Å²) in [7, 11) is 3.51. The number of hydrogen-bond acceptors (Lipinski definition) is 4. The average Bonchev–Trinajstić information content (AvgIpc) is 2.46. The van der Waals surface area contributed by atoms with Gasteiger partial charge in [-0.05, 0) is 46.3 Å². The highest BCUT2D eigenvalue weighted by molar-refractivity contribution is 9.10. The van der Waals surface area contributed by atoms with E-state index in [1.807, 2.05) is 37.4 Å². The molecule has 0 aliphatic carbocycles. The summed E-state index contributed by atoms with van der Waals surface area (Å²) in [4.78, 5) is 4.26. The summed E-state index contributed by atoms with van der Waals surface area (Å²) in [5.74, 6) is 1.55. The molecule has 1 N–H and O–H groups in total. The van der Waals surface area contributed by atoms with E-state index in [4.69, 9.17) is 9.47 Å². The first-order chi connectivity index (χ1) is 9.22. The van der Waals surface area contributed by atoms with Gasteiger partial charge in [0.05, 0.1) is 17.3 Å². The molecule has 0 amide bonds. The number of aromatic nitrogens is 1. The van der Waals surface area contributed by atoms with Crippen LogP contribution < -0.4 is 14.8 Å². The Morgan fingerprint density at radius 3 is 2.79 bits per heavy atom. The Kier molecular flexibility index (Phi) is 4.63. The number of anilines is 1. The predicted molar refractivity (Wildman–Crippen MR) is 78.8 cm³/mol. The van der Waals surface area contributed by atoms with Crippen LogP contribution in [0.25, 0.3) is 0 Å². The highest BCUT2D eigenvalue weighted by Crippen LogP contribution is 2.29. The molecule has 0 saturated heterocycles. The lowest BCUT2D eigenvalue weighted by Gasteiger charge is -2.09. The second-order valence-corrected chi connectivity index (χ2v) is 4.73. The van der Waals surface area contributed by atoms with Gasteiger partial charge in [0.2, 0.25) is 0 Å². The molecule has 0 radical (unpaired) electrons. The summed E-state index contributed by atoms with van der Waals surface area (Å²) in [5.41, 5.74) is 1.89. The summed E-state index contributed by atoms with van der Waals surface area (Å²) in [6, 6.07) is 9.46. The second kappa shape index (κ2) is 6.43. The van der Waals surface area contributed by atoms with Crippen LogP contribution in [0.3, 0.4) is 0 Å². The Bertz CT molecular complexity index is 561. The van der Waals surface area contributed by atoms with Crippen LogP contribution in [0.2, 0.25) is 0 Å². The SMILES string of the molecule is CNc1ccnc(COc2ccc(OC)cc2Br)c1. The molecule has 100 valence electrons. The van der Waals surface area contributed by atoms with Crippen molar-refractivity contribution in [3.05, 3.63) is 46.7 Å². The highest BCUT2D eigenvalue weighted by Gasteiger charge is 2.04. The van der Waals surface area contributed by atoms with E-state index in [-0.39, 0.29) is 0 Å². The average molecular weight is 323 g/mol. The molecule has 2 aromatic rings. The molecule has 0 aliphatic heterocycles. The van der Waals surface area contributed by atoms with E-state index in [2.05, 4.69) is 26.2 Å². The van der Waals surface area contributed by atoms with Gasteiger partial charge in [-0.3, -0.25) is 4.98 Å². The molecule has 0 fully saturated rings. The molecule has 1 heterocycles. The molecule has 0 atom stereocenters. The molecular formula is C14H15BrN2O2. The number of nitrogens with one attached hydrogen (secondary N) is 1. The van der Waals surface area contributed by atoms with E-state index in [0.717, 1.165) is 27.4 Å². The van der Waals surface area contributed by atoms with Crippen molar-refractivity contribution in [2.45, 2.75) is 6.61 Å². The molecule has 0 aliphatic rings. The van der Waals surface area contributed by atoms with Crippen LogP contribution in [-0.4, -0.2) is 19.1 Å². The van der Waals surface area contributed by atoms with Gasteiger partial charge in [-0.2, -0.15) is 0 Å². The number of nitrogens with zero attached hydrogens (tertiary/aromatic N) is 1. The van der Waals surface area contributed by atoms with Crippen LogP contribution in [-0.2, 0) is 6.61 Å². The number of ether oxygens (including phenoxy) is 2. The van der Waals surface area contributed by atoms with Crippen LogP contribution in [0, 0.1) is 0 Å². The lowest BCUT2D eigenvalue weighted by molar-refractivity contribution is 0.298. The third kappa shape index (κ3) is 3.61. The van der Waals surface area contributed by atoms with E-state index in [9.17, 15) is 0 Å². The van der Waals surface area contributed by atoms with Crippen molar-refractivity contribution in [3.8, 4) is 11.5 Å². The minimum Gasteiger partial charge on any atom is -0.497 e. The van der Waals surface area contributed by atoms with Gasteiger partial charge in [-0.15, -0.1) is 0 Å². The number of rotatable bonds is 5. The standard InChI is InChI=1S/C14H15BrN2O2/c1-16-10-5-6-17-11(7-10)9-19-14-4-3-12(18-2)8-13(14)15/h3-8H,9H2,1-2H3,(H,16,17). The van der Waals surface area contributed by atoms with Crippen molar-refractivity contribution in [3.63, 3.8) is 0 Å². The molecule has 4 nitrogen and oxygen atoms in total. The molecule has 1 aromatic carbocycles. The maximum absolute atomic E-state index is 5.73. The number of pyridine rings is 1. The largest absolute Gasteiger partial charge is 0.497 e. The lowest BCUT2D eigenvalue weighted by Crippen LogP contribution is -2.00. The number of methoxy groups -OCH3 is 1. The van der Waals surface area contributed by atoms with Gasteiger partial charge in [0.1, 0.15) is 18.1 Å². The van der Waals surface area contributed by atoms with Crippen molar-refractivity contribution in [1.82, 2.24) is 4.98 Å². The summed E-state index contributed by atoms with van der Waals surface area (Å²) < 4.78 is 11.7. The van der Waals surface area contributed by atoms with Gasteiger partial charge in [-0.25, -0.2) is 0 Å². The smallest absolute Gasteiger partial charge is 0.134 e. The summed E-state index contributed by atoms with van der Waals surface area (Å²) in [5, 5.41) is 3.07. The molecule has 2 rings (SSSR count). The minimum absolute atomic E-state index is 0.417. The van der Waals surface area contributed by atoms with E-state index >= 15 is 0 Å². The van der Waals surface area contributed by atoms with Gasteiger partial charge in [0.25, 0.3) is 0 Å². The minimum atomic E-state index is 0.417. The van der Waals surface area contributed by atoms with E-state index < -0.39 is 0 Å². The fourth-order valence-corrected chi connectivity index (χ4v) is 2.06. The first kappa shape index (κ1) is 13.7. The Balaban J connectivity index is 2.05. The van der Waals surface area contributed by atoms with Crippen molar-refractivity contribution < 1.29 is 9.47 Å². The van der Waals surface area contributed by atoms with Gasteiger partial charge >= 0.3 is 0 Å². The zero-order valence-electron chi connectivity index (χ0n) is 10.8. The van der Waals surface area contributed by atoms with Crippen molar-refractivity contribution in [1.29, 1.82) is 0 Å². The van der Waals surface area contributed by atoms with E-state index in [0.29, 0.717) is 6.61 Å². The third-order valence-corrected chi connectivity index (χ3v) is 3.24. The lowest BCUT2D eigenvalue weighted by atomic mass is 10.3. The summed E-state index contributed by atoms with van der Waals surface area (Å²) in [6.45, 7) is 0.417. The highest BCUT2D eigenvalue weighted by atomic mass is 79.9. The van der Waals surface area contributed by atoms with Gasteiger partial charge < -0.3 is 14.8 Å². The molecule has 0 spiro atoms. The number of benzene rings is 1. The number of halogens is 1. The van der Waals surface area contributed by atoms with Crippen LogP contribution in [0.1, 0.15) is 5.69 Å². The molecule has 0 saturated carbocycles. The van der Waals surface area contributed by atoms with E-state index in [1.54, 1.807) is 13.3 Å². The normalized spacial score (nSPS) is 10.1. The Morgan fingerprint density at radius 1 is 1.26 bits per heavy atom. The predicted octanol–water partition coefficient (Wildman–Crippen LogP) is 3.47. The van der Waals surface area contributed by atoms with Crippen molar-refractivity contribution in [2.24, 2.45) is 0 Å².